The number of esters is 1. The third kappa shape index (κ3) is 3.50. The molecule has 6 nitrogen and oxygen atoms in total. The molecule has 186 valence electrons. The topological polar surface area (TPSA) is 72.9 Å². The Morgan fingerprint density at radius 1 is 0.811 bits per heavy atom. The van der Waals surface area contributed by atoms with Gasteiger partial charge in [-0.2, -0.15) is 0 Å². The Bertz CT molecular complexity index is 1500. The highest BCUT2D eigenvalue weighted by atomic mass is 16.5. The van der Waals surface area contributed by atoms with E-state index in [1.54, 1.807) is 13.2 Å². The predicted molar refractivity (Wildman–Crippen MR) is 139 cm³/mol. The lowest BCUT2D eigenvalue weighted by molar-refractivity contribution is -0.142. The largest absolute Gasteiger partial charge is 0.497 e. The van der Waals surface area contributed by atoms with E-state index < -0.39 is 29.6 Å². The summed E-state index contributed by atoms with van der Waals surface area (Å²) in [6.45, 7) is 5.88. The first-order valence-corrected chi connectivity index (χ1v) is 12.4. The molecule has 1 aliphatic carbocycles. The smallest absolute Gasteiger partial charge is 0.319 e. The zero-order valence-electron chi connectivity index (χ0n) is 21.1. The maximum absolute atomic E-state index is 14.0. The van der Waals surface area contributed by atoms with Crippen molar-refractivity contribution in [1.29, 1.82) is 0 Å². The molecule has 2 heterocycles. The second kappa shape index (κ2) is 8.44. The summed E-state index contributed by atoms with van der Waals surface area (Å²) < 4.78 is 11.1. The molecule has 1 saturated heterocycles. The van der Waals surface area contributed by atoms with E-state index in [-0.39, 0.29) is 11.8 Å². The first kappa shape index (κ1) is 23.2. The van der Waals surface area contributed by atoms with Crippen LogP contribution >= 0.6 is 0 Å². The van der Waals surface area contributed by atoms with Gasteiger partial charge in [0.25, 0.3) is 0 Å². The molecule has 0 N–H and O–H groups in total. The number of imide groups is 1. The van der Waals surface area contributed by atoms with Gasteiger partial charge < -0.3 is 9.47 Å². The van der Waals surface area contributed by atoms with Crippen LogP contribution in [0.5, 0.6) is 11.5 Å². The van der Waals surface area contributed by atoms with Crippen LogP contribution in [0.3, 0.4) is 0 Å². The van der Waals surface area contributed by atoms with Crippen molar-refractivity contribution in [2.45, 2.75) is 26.7 Å². The Morgan fingerprint density at radius 3 is 2.24 bits per heavy atom. The number of allylic oxidation sites excluding steroid dienone is 1. The minimum atomic E-state index is -0.858. The van der Waals surface area contributed by atoms with Gasteiger partial charge in [0, 0.05) is 11.5 Å². The van der Waals surface area contributed by atoms with Crippen LogP contribution in [0.1, 0.15) is 33.7 Å². The van der Waals surface area contributed by atoms with Crippen LogP contribution in [0, 0.1) is 38.5 Å². The third-order valence-electron chi connectivity index (χ3n) is 8.00. The number of nitrogens with zero attached hydrogens (tertiary/aromatic N) is 1. The fraction of sp³-hybridized carbons (Fsp3) is 0.258. The summed E-state index contributed by atoms with van der Waals surface area (Å²) in [5.74, 6) is -2.78. The summed E-state index contributed by atoms with van der Waals surface area (Å²) in [7, 11) is 1.60. The molecule has 3 aliphatic rings. The Balaban J connectivity index is 1.54. The van der Waals surface area contributed by atoms with Crippen LogP contribution in [0.15, 0.2) is 66.7 Å². The highest BCUT2D eigenvalue weighted by Gasteiger charge is 2.60. The first-order chi connectivity index (χ1) is 17.8. The van der Waals surface area contributed by atoms with Gasteiger partial charge in [-0.05, 0) is 78.9 Å². The molecule has 0 saturated carbocycles. The second-order valence-electron chi connectivity index (χ2n) is 10.2. The number of benzene rings is 3. The van der Waals surface area contributed by atoms with E-state index in [1.165, 1.54) is 4.90 Å². The number of fused-ring (bicyclic) bond motifs is 5. The normalized spacial score (nSPS) is 24.2. The van der Waals surface area contributed by atoms with Crippen LogP contribution in [0.25, 0.3) is 5.57 Å². The minimum absolute atomic E-state index is 0.295. The number of carbonyl (C=O) groups is 3. The van der Waals surface area contributed by atoms with Crippen LogP contribution in [0.2, 0.25) is 0 Å². The van der Waals surface area contributed by atoms with Gasteiger partial charge in [-0.25, -0.2) is 4.90 Å². The lowest BCUT2D eigenvalue weighted by atomic mass is 9.64. The number of methoxy groups -OCH3 is 1. The van der Waals surface area contributed by atoms with Crippen molar-refractivity contribution < 1.29 is 23.9 Å². The van der Waals surface area contributed by atoms with Gasteiger partial charge >= 0.3 is 5.97 Å². The first-order valence-electron chi connectivity index (χ1n) is 12.4. The summed E-state index contributed by atoms with van der Waals surface area (Å²) in [4.78, 5) is 42.7. The van der Waals surface area contributed by atoms with Crippen LogP contribution in [0.4, 0.5) is 5.69 Å². The summed E-state index contributed by atoms with van der Waals surface area (Å²) >= 11 is 0. The highest BCUT2D eigenvalue weighted by molar-refractivity contribution is 6.24. The maximum Gasteiger partial charge on any atom is 0.319 e. The van der Waals surface area contributed by atoms with Gasteiger partial charge in [0.15, 0.2) is 0 Å². The minimum Gasteiger partial charge on any atom is -0.497 e. The van der Waals surface area contributed by atoms with E-state index >= 15 is 0 Å². The van der Waals surface area contributed by atoms with Crippen molar-refractivity contribution in [1.82, 2.24) is 0 Å². The number of hydrogen-bond donors (Lipinski definition) is 0. The molecule has 0 radical (unpaired) electrons. The van der Waals surface area contributed by atoms with Gasteiger partial charge in [-0.15, -0.1) is 0 Å². The van der Waals surface area contributed by atoms with E-state index in [9.17, 15) is 14.4 Å². The number of carbonyl (C=O) groups excluding carboxylic acids is 3. The fourth-order valence-corrected chi connectivity index (χ4v) is 5.94. The summed E-state index contributed by atoms with van der Waals surface area (Å²) in [6.07, 6.45) is 2.00. The van der Waals surface area contributed by atoms with Gasteiger partial charge in [-0.1, -0.05) is 36.4 Å². The van der Waals surface area contributed by atoms with Crippen LogP contribution in [-0.2, 0) is 14.4 Å². The van der Waals surface area contributed by atoms with Crippen molar-refractivity contribution in [2.24, 2.45) is 17.8 Å². The Morgan fingerprint density at radius 2 is 1.54 bits per heavy atom. The summed E-state index contributed by atoms with van der Waals surface area (Å²) in [5.41, 5.74) is 5.98. The number of aryl methyl sites for hydroxylation is 3. The molecule has 0 spiro atoms. The predicted octanol–water partition coefficient (Wildman–Crippen LogP) is 5.14. The molecule has 3 aromatic rings. The highest BCUT2D eigenvalue weighted by Crippen LogP contribution is 2.54. The molecule has 1 fully saturated rings. The molecule has 0 aromatic heterocycles. The fourth-order valence-electron chi connectivity index (χ4n) is 5.94. The number of amides is 2. The molecule has 6 heteroatoms. The monoisotopic (exact) mass is 493 g/mol. The summed E-state index contributed by atoms with van der Waals surface area (Å²) in [5, 5.41) is 0. The number of anilines is 1. The van der Waals surface area contributed by atoms with E-state index in [0.717, 1.165) is 33.4 Å². The SMILES string of the molecule is COc1ccc([C@@H]2C=C3c4ccc(C)cc4OC(=O)[C@@H]3[C@H]3C(=O)N(c4ccc(C)c(C)c4)C(=O)[C@H]32)cc1. The molecule has 0 bridgehead atoms. The Hall–Kier alpha value is -4.19. The Labute approximate surface area is 215 Å². The summed E-state index contributed by atoms with van der Waals surface area (Å²) in [6, 6.07) is 18.8. The number of ether oxygens (including phenoxy) is 2. The van der Waals surface area contributed by atoms with Crippen LogP contribution < -0.4 is 14.4 Å². The van der Waals surface area contributed by atoms with Crippen molar-refractivity contribution in [3.8, 4) is 11.5 Å². The second-order valence-corrected chi connectivity index (χ2v) is 10.2. The molecular weight excluding hydrogens is 466 g/mol. The molecule has 3 aromatic carbocycles. The van der Waals surface area contributed by atoms with Crippen molar-refractivity contribution in [3.63, 3.8) is 0 Å². The third-order valence-corrected chi connectivity index (χ3v) is 8.00. The standard InChI is InChI=1S/C31H27NO5/c1-16-5-12-22-24-15-23(19-7-10-21(36-4)11-8-19)26-28(27(24)31(35)37-25(22)13-16)30(34)32(29(26)33)20-9-6-17(2)18(3)14-20/h5-15,23,26-28H,1-4H3/t23-,26-,27-,28-/m0/s1. The Kier molecular flexibility index (Phi) is 5.30. The lowest BCUT2D eigenvalue weighted by Crippen LogP contribution is -2.42. The average molecular weight is 494 g/mol. The quantitative estimate of drug-likeness (QED) is 0.287. The van der Waals surface area contributed by atoms with Gasteiger partial charge in [0.05, 0.1) is 30.6 Å². The van der Waals surface area contributed by atoms with Gasteiger partial charge in [0.2, 0.25) is 11.8 Å². The van der Waals surface area contributed by atoms with E-state index in [2.05, 4.69) is 0 Å². The van der Waals surface area contributed by atoms with E-state index in [1.807, 2.05) is 81.4 Å². The number of rotatable bonds is 3. The number of hydrogen-bond acceptors (Lipinski definition) is 5. The van der Waals surface area contributed by atoms with Crippen molar-refractivity contribution >= 4 is 29.0 Å². The molecule has 6 rings (SSSR count). The molecule has 4 atom stereocenters. The van der Waals surface area contributed by atoms with Crippen molar-refractivity contribution in [2.75, 3.05) is 12.0 Å². The molecule has 2 aliphatic heterocycles. The zero-order valence-corrected chi connectivity index (χ0v) is 21.1. The maximum atomic E-state index is 14.0. The van der Waals surface area contributed by atoms with E-state index in [0.29, 0.717) is 17.2 Å². The molecule has 0 unspecified atom stereocenters. The molecular formula is C31H27NO5. The lowest BCUT2D eigenvalue weighted by Gasteiger charge is -2.38. The van der Waals surface area contributed by atoms with Crippen molar-refractivity contribution in [3.05, 3.63) is 94.6 Å². The van der Waals surface area contributed by atoms with Gasteiger partial charge in [0.1, 0.15) is 11.5 Å². The molecule has 37 heavy (non-hydrogen) atoms. The van der Waals surface area contributed by atoms with Crippen LogP contribution in [-0.4, -0.2) is 24.9 Å². The average Bonchev–Trinajstić information content (AvgIpc) is 3.15. The van der Waals surface area contributed by atoms with Gasteiger partial charge in [-0.3, -0.25) is 14.4 Å². The zero-order chi connectivity index (χ0) is 26.0. The van der Waals surface area contributed by atoms with E-state index in [4.69, 9.17) is 9.47 Å². The molecule has 2 amide bonds.